The number of benzene rings is 1. The number of halogens is 1. The molecular weight excluding hydrogens is 655 g/mol. The van der Waals surface area contributed by atoms with Crippen LogP contribution in [0.2, 0.25) is 0 Å². The fourth-order valence-electron chi connectivity index (χ4n) is 6.53. The first-order valence-electron chi connectivity index (χ1n) is 16.5. The van der Waals surface area contributed by atoms with Gasteiger partial charge >= 0.3 is 0 Å². The first kappa shape index (κ1) is 38.3. The summed E-state index contributed by atoms with van der Waals surface area (Å²) in [5, 5.41) is 20.2. The highest BCUT2D eigenvalue weighted by atomic mass is 32.2. The van der Waals surface area contributed by atoms with Gasteiger partial charge in [-0.1, -0.05) is 0 Å². The first-order chi connectivity index (χ1) is 23.1. The number of carbonyl (C=O) groups is 1. The highest BCUT2D eigenvalue weighted by Gasteiger charge is 2.48. The third-order valence-corrected chi connectivity index (χ3v) is 10.9. The van der Waals surface area contributed by atoms with Gasteiger partial charge in [0, 0.05) is 64.7 Å². The Hall–Kier alpha value is -3.46. The monoisotopic (exact) mass is 704 g/mol. The molecule has 1 aromatic carbocycles. The van der Waals surface area contributed by atoms with Crippen LogP contribution in [-0.4, -0.2) is 136 Å². The molecule has 14 nitrogen and oxygen atoms in total. The molecule has 3 saturated heterocycles. The lowest BCUT2D eigenvalue weighted by Gasteiger charge is -2.55. The van der Waals surface area contributed by atoms with Gasteiger partial charge in [0.25, 0.3) is 16.1 Å². The highest BCUT2D eigenvalue weighted by Crippen LogP contribution is 2.42. The van der Waals surface area contributed by atoms with Crippen molar-refractivity contribution in [1.82, 2.24) is 23.7 Å². The number of rotatable bonds is 13. The zero-order valence-corrected chi connectivity index (χ0v) is 29.9. The molecule has 3 fully saturated rings. The number of nitrogens with one attached hydrogen (secondary N) is 1. The van der Waals surface area contributed by atoms with Gasteiger partial charge in [0.05, 0.1) is 37.4 Å². The Labute approximate surface area is 289 Å². The van der Waals surface area contributed by atoms with Gasteiger partial charge in [0.1, 0.15) is 11.6 Å². The van der Waals surface area contributed by atoms with Crippen molar-refractivity contribution in [3.63, 3.8) is 0 Å². The Morgan fingerprint density at radius 1 is 1.31 bits per heavy atom. The molecule has 0 aromatic heterocycles. The third kappa shape index (κ3) is 9.41. The number of carbonyl (C=O) groups excluding carboxylic acids is 1. The predicted molar refractivity (Wildman–Crippen MR) is 184 cm³/mol. The largest absolute Gasteiger partial charge is 0.451 e. The van der Waals surface area contributed by atoms with E-state index in [4.69, 9.17) is 14.7 Å². The lowest BCUT2D eigenvalue weighted by Crippen LogP contribution is -2.63. The number of amides is 1. The second-order valence-electron chi connectivity index (χ2n) is 13.5. The van der Waals surface area contributed by atoms with Crippen LogP contribution in [0.25, 0.3) is 0 Å². The molecule has 1 aromatic rings. The van der Waals surface area contributed by atoms with E-state index < -0.39 is 33.8 Å². The summed E-state index contributed by atoms with van der Waals surface area (Å²) in [7, 11) is 0.975. The van der Waals surface area contributed by atoms with Crippen LogP contribution in [0.4, 0.5) is 4.39 Å². The van der Waals surface area contributed by atoms with Gasteiger partial charge in [-0.15, -0.1) is 0 Å². The number of likely N-dealkylation sites (tertiary alicyclic amines) is 2. The van der Waals surface area contributed by atoms with Crippen molar-refractivity contribution in [2.24, 2.45) is 15.4 Å². The molecule has 0 aliphatic carbocycles. The molecule has 3 aliphatic heterocycles. The molecule has 0 radical (unpaired) electrons. The number of hydrogen-bond acceptors (Lipinski definition) is 10. The van der Waals surface area contributed by atoms with Gasteiger partial charge in [0.2, 0.25) is 0 Å². The van der Waals surface area contributed by atoms with Crippen molar-refractivity contribution in [2.75, 3.05) is 67.0 Å². The summed E-state index contributed by atoms with van der Waals surface area (Å²) in [6.07, 6.45) is 4.14. The second kappa shape index (κ2) is 16.0. The minimum absolute atomic E-state index is 0.0264. The van der Waals surface area contributed by atoms with Crippen LogP contribution in [0.5, 0.6) is 5.75 Å². The Kier molecular flexibility index (Phi) is 12.6. The summed E-state index contributed by atoms with van der Waals surface area (Å²) in [6, 6.07) is 5.18. The van der Waals surface area contributed by atoms with E-state index in [0.29, 0.717) is 38.3 Å². The Balaban J connectivity index is 1.35. The van der Waals surface area contributed by atoms with E-state index in [-0.39, 0.29) is 48.1 Å². The molecule has 3 heterocycles. The van der Waals surface area contributed by atoms with Crippen LogP contribution in [-0.2, 0) is 14.9 Å². The van der Waals surface area contributed by atoms with Crippen molar-refractivity contribution in [3.8, 4) is 11.8 Å². The zero-order valence-electron chi connectivity index (χ0n) is 29.1. The molecule has 1 spiro atoms. The van der Waals surface area contributed by atoms with Crippen LogP contribution in [0, 0.1) is 22.6 Å². The molecule has 0 unspecified atom stereocenters. The van der Waals surface area contributed by atoms with E-state index in [2.05, 4.69) is 37.3 Å². The molecule has 1 amide bonds. The number of nitrogens with zero attached hydrogens (tertiary/aromatic N) is 7. The molecular formula is C33H49FN8O6S. The molecule has 0 saturated carbocycles. The smallest absolute Gasteiger partial charge is 0.279 e. The SMILES string of the molecule is C=N/C=C(/Oc1ccc(F)cc1C(=O)N(CCC#N)C(C)C)C(=NC)N1CC2(CCN(C[C@@]3(O)CC[C@@H](NS(=O)(=O)N(C)C)CO3)CC2)C1. The lowest BCUT2D eigenvalue weighted by molar-refractivity contribution is -0.239. The van der Waals surface area contributed by atoms with Crippen LogP contribution >= 0.6 is 0 Å². The standard InChI is InChI=1S/C33H49FN8O6S/c1-24(2)42(15-7-14-35)31(43)27-18-25(34)8-9-28(27)48-29(19-36-3)30(37-4)41-21-32(22-41)12-16-40(17-13-32)23-33(44)11-10-26(20-47-33)38-49(45,46)39(5)6/h8-9,18-19,24,26,38,44H,3,7,10-13,15-17,20-23H2,1-2,4-6H3/b29-19+,37-30?/t26-,33-/m1/s1. The van der Waals surface area contributed by atoms with Crippen LogP contribution in [0.1, 0.15) is 56.3 Å². The average Bonchev–Trinajstić information content (AvgIpc) is 3.03. The van der Waals surface area contributed by atoms with Gasteiger partial charge < -0.3 is 24.4 Å². The minimum atomic E-state index is -3.58. The van der Waals surface area contributed by atoms with E-state index in [1.165, 1.54) is 37.3 Å². The van der Waals surface area contributed by atoms with E-state index >= 15 is 0 Å². The lowest BCUT2D eigenvalue weighted by atomic mass is 9.71. The van der Waals surface area contributed by atoms with E-state index in [1.807, 2.05) is 13.8 Å². The van der Waals surface area contributed by atoms with Crippen LogP contribution in [0.15, 0.2) is 40.1 Å². The summed E-state index contributed by atoms with van der Waals surface area (Å²) in [4.78, 5) is 27.7. The maximum atomic E-state index is 14.4. The number of piperidine rings is 1. The molecule has 4 rings (SSSR count). The molecule has 49 heavy (non-hydrogen) atoms. The number of nitriles is 1. The van der Waals surface area contributed by atoms with Crippen LogP contribution in [0.3, 0.4) is 0 Å². The summed E-state index contributed by atoms with van der Waals surface area (Å²) in [5.74, 6) is -1.45. The molecule has 3 aliphatic rings. The molecule has 2 N–H and O–H groups in total. The van der Waals surface area contributed by atoms with E-state index in [9.17, 15) is 22.7 Å². The predicted octanol–water partition coefficient (Wildman–Crippen LogP) is 2.20. The van der Waals surface area contributed by atoms with Gasteiger partial charge in [-0.3, -0.25) is 19.7 Å². The van der Waals surface area contributed by atoms with Gasteiger partial charge in [-0.25, -0.2) is 4.39 Å². The van der Waals surface area contributed by atoms with Gasteiger partial charge in [-0.2, -0.15) is 22.7 Å². The Morgan fingerprint density at radius 2 is 2.00 bits per heavy atom. The maximum absolute atomic E-state index is 14.4. The molecule has 270 valence electrons. The minimum Gasteiger partial charge on any atom is -0.451 e. The fourth-order valence-corrected chi connectivity index (χ4v) is 7.34. The summed E-state index contributed by atoms with van der Waals surface area (Å²) in [6.45, 7) is 10.8. The maximum Gasteiger partial charge on any atom is 0.279 e. The van der Waals surface area contributed by atoms with Crippen molar-refractivity contribution in [2.45, 2.75) is 63.8 Å². The van der Waals surface area contributed by atoms with Gasteiger partial charge in [0.15, 0.2) is 17.4 Å². The van der Waals surface area contributed by atoms with Crippen molar-refractivity contribution >= 4 is 28.7 Å². The summed E-state index contributed by atoms with van der Waals surface area (Å²) >= 11 is 0. The fraction of sp³-hybridized carbons (Fsp3) is 0.636. The van der Waals surface area contributed by atoms with Crippen molar-refractivity contribution < 1.29 is 32.2 Å². The molecule has 2 atom stereocenters. The third-order valence-electron chi connectivity index (χ3n) is 9.35. The number of amidine groups is 1. The van der Waals surface area contributed by atoms with E-state index in [1.54, 1.807) is 7.05 Å². The number of ether oxygens (including phenoxy) is 2. The van der Waals surface area contributed by atoms with Gasteiger partial charge in [-0.05, 0) is 71.1 Å². The first-order valence-corrected chi connectivity index (χ1v) is 17.9. The second-order valence-corrected chi connectivity index (χ2v) is 15.4. The number of aliphatic hydroxyl groups is 1. The van der Waals surface area contributed by atoms with Crippen molar-refractivity contribution in [3.05, 3.63) is 41.5 Å². The normalized spacial score (nSPS) is 23.3. The zero-order chi connectivity index (χ0) is 36.0. The van der Waals surface area contributed by atoms with E-state index in [0.717, 1.165) is 36.3 Å². The molecule has 16 heteroatoms. The quantitative estimate of drug-likeness (QED) is 0.178. The number of β-amino-alcohol motifs (C(OH)–C–C–N with tert-alkyl or cyclic N) is 1. The van der Waals surface area contributed by atoms with Crippen molar-refractivity contribution in [1.29, 1.82) is 5.26 Å². The topological polar surface area (TPSA) is 163 Å². The number of aliphatic imine (C=N–C) groups is 2. The Morgan fingerprint density at radius 3 is 2.55 bits per heavy atom. The summed E-state index contributed by atoms with van der Waals surface area (Å²) < 4.78 is 54.4. The summed E-state index contributed by atoms with van der Waals surface area (Å²) in [5.41, 5.74) is 0.0683. The number of hydrogen-bond donors (Lipinski definition) is 2. The Bertz CT molecular complexity index is 1550. The average molecular weight is 705 g/mol. The molecule has 0 bridgehead atoms. The highest BCUT2D eigenvalue weighted by molar-refractivity contribution is 7.87. The van der Waals surface area contributed by atoms with Crippen LogP contribution < -0.4 is 9.46 Å².